The van der Waals surface area contributed by atoms with Gasteiger partial charge in [0.25, 0.3) is 0 Å². The predicted molar refractivity (Wildman–Crippen MR) is 73.4 cm³/mol. The van der Waals surface area contributed by atoms with E-state index in [9.17, 15) is 0 Å². The van der Waals surface area contributed by atoms with Crippen LogP contribution in [0.3, 0.4) is 0 Å². The second-order valence-corrected chi connectivity index (χ2v) is 6.04. The van der Waals surface area contributed by atoms with Gasteiger partial charge in [-0.15, -0.1) is 0 Å². The summed E-state index contributed by atoms with van der Waals surface area (Å²) in [4.78, 5) is 2.54. The van der Waals surface area contributed by atoms with Gasteiger partial charge in [-0.1, -0.05) is 23.7 Å². The largest absolute Gasteiger partial charge is 0.311 e. The highest BCUT2D eigenvalue weighted by molar-refractivity contribution is 6.30. The van der Waals surface area contributed by atoms with Crippen LogP contribution in [0, 0.1) is 0 Å². The lowest BCUT2D eigenvalue weighted by atomic mass is 9.97. The fraction of sp³-hybridized carbons (Fsp3) is 0.571. The fourth-order valence-electron chi connectivity index (χ4n) is 2.27. The van der Waals surface area contributed by atoms with Crippen LogP contribution in [0.15, 0.2) is 24.3 Å². The zero-order chi connectivity index (χ0) is 12.5. The van der Waals surface area contributed by atoms with Crippen LogP contribution in [0.25, 0.3) is 0 Å². The van der Waals surface area contributed by atoms with E-state index in [2.05, 4.69) is 43.1 Å². The van der Waals surface area contributed by atoms with Crippen LogP contribution in [0.1, 0.15) is 26.3 Å². The van der Waals surface area contributed by atoms with E-state index in [0.717, 1.165) is 24.7 Å². The van der Waals surface area contributed by atoms with Gasteiger partial charge in [0.05, 0.1) is 0 Å². The average Bonchev–Trinajstić information content (AvgIpc) is 2.27. The van der Waals surface area contributed by atoms with Crippen LogP contribution < -0.4 is 5.32 Å². The molecule has 0 bridgehead atoms. The summed E-state index contributed by atoms with van der Waals surface area (Å²) in [6.07, 6.45) is 0. The average molecular weight is 253 g/mol. The zero-order valence-electron chi connectivity index (χ0n) is 10.8. The highest BCUT2D eigenvalue weighted by Crippen LogP contribution is 2.22. The molecule has 1 aromatic rings. The maximum atomic E-state index is 5.91. The lowest BCUT2D eigenvalue weighted by Crippen LogP contribution is -2.60. The molecule has 2 nitrogen and oxygen atoms in total. The molecule has 1 N–H and O–H groups in total. The molecule has 0 amide bonds. The van der Waals surface area contributed by atoms with Crippen molar-refractivity contribution in [1.29, 1.82) is 0 Å². The van der Waals surface area contributed by atoms with Gasteiger partial charge in [0.2, 0.25) is 0 Å². The molecule has 1 atom stereocenters. The lowest BCUT2D eigenvalue weighted by Gasteiger charge is -2.45. The van der Waals surface area contributed by atoms with E-state index < -0.39 is 0 Å². The zero-order valence-corrected chi connectivity index (χ0v) is 11.6. The molecular weight excluding hydrogens is 232 g/mol. The van der Waals surface area contributed by atoms with E-state index in [0.29, 0.717) is 6.04 Å². The van der Waals surface area contributed by atoms with Crippen LogP contribution in [0.2, 0.25) is 5.02 Å². The Morgan fingerprint density at radius 1 is 1.35 bits per heavy atom. The van der Waals surface area contributed by atoms with Crippen molar-refractivity contribution in [2.75, 3.05) is 13.1 Å². The third-order valence-electron chi connectivity index (χ3n) is 3.52. The predicted octanol–water partition coefficient (Wildman–Crippen LogP) is 2.91. The quantitative estimate of drug-likeness (QED) is 0.871. The first-order chi connectivity index (χ1) is 7.97. The Labute approximate surface area is 109 Å². The number of hydrogen-bond acceptors (Lipinski definition) is 2. The van der Waals surface area contributed by atoms with E-state index in [1.54, 1.807) is 0 Å². The number of nitrogens with zero attached hydrogens (tertiary/aromatic N) is 1. The Morgan fingerprint density at radius 2 is 2.00 bits per heavy atom. The number of piperazine rings is 1. The molecule has 1 saturated heterocycles. The van der Waals surface area contributed by atoms with Crippen LogP contribution in [-0.4, -0.2) is 29.6 Å². The minimum atomic E-state index is 0.214. The molecule has 2 rings (SSSR count). The molecule has 17 heavy (non-hydrogen) atoms. The maximum Gasteiger partial charge on any atom is 0.0406 e. The molecule has 1 heterocycles. The smallest absolute Gasteiger partial charge is 0.0406 e. The van der Waals surface area contributed by atoms with Crippen molar-refractivity contribution in [3.8, 4) is 0 Å². The minimum Gasteiger partial charge on any atom is -0.311 e. The molecule has 1 unspecified atom stereocenters. The lowest BCUT2D eigenvalue weighted by molar-refractivity contribution is 0.0627. The van der Waals surface area contributed by atoms with Crippen molar-refractivity contribution in [1.82, 2.24) is 10.2 Å². The summed E-state index contributed by atoms with van der Waals surface area (Å²) < 4.78 is 0. The van der Waals surface area contributed by atoms with Gasteiger partial charge in [-0.2, -0.15) is 0 Å². The molecule has 0 aliphatic carbocycles. The first kappa shape index (κ1) is 12.9. The molecular formula is C14H21ClN2. The number of benzene rings is 1. The summed E-state index contributed by atoms with van der Waals surface area (Å²) >= 11 is 5.91. The summed E-state index contributed by atoms with van der Waals surface area (Å²) in [7, 11) is 0. The standard InChI is InChI=1S/C14H21ClN2/c1-11-8-17(14(2,3)10-16-11)9-12-4-6-13(15)7-5-12/h4-7,11,16H,8-10H2,1-3H3. The van der Waals surface area contributed by atoms with Gasteiger partial charge in [-0.3, -0.25) is 4.90 Å². The van der Waals surface area contributed by atoms with Crippen molar-refractivity contribution in [2.45, 2.75) is 38.9 Å². The Bertz CT molecular complexity index is 372. The highest BCUT2D eigenvalue weighted by Gasteiger charge is 2.32. The molecule has 0 aromatic heterocycles. The van der Waals surface area contributed by atoms with Gasteiger partial charge < -0.3 is 5.32 Å². The Morgan fingerprint density at radius 3 is 2.65 bits per heavy atom. The van der Waals surface area contributed by atoms with E-state index in [-0.39, 0.29) is 5.54 Å². The van der Waals surface area contributed by atoms with Gasteiger partial charge in [-0.25, -0.2) is 0 Å². The number of nitrogens with one attached hydrogen (secondary N) is 1. The summed E-state index contributed by atoms with van der Waals surface area (Å²) in [5.41, 5.74) is 1.54. The summed E-state index contributed by atoms with van der Waals surface area (Å²) in [5, 5.41) is 4.34. The topological polar surface area (TPSA) is 15.3 Å². The van der Waals surface area contributed by atoms with Gasteiger partial charge >= 0.3 is 0 Å². The summed E-state index contributed by atoms with van der Waals surface area (Å²) in [5.74, 6) is 0. The van der Waals surface area contributed by atoms with Crippen molar-refractivity contribution < 1.29 is 0 Å². The fourth-order valence-corrected chi connectivity index (χ4v) is 2.39. The van der Waals surface area contributed by atoms with E-state index in [4.69, 9.17) is 11.6 Å². The van der Waals surface area contributed by atoms with Crippen molar-refractivity contribution in [3.63, 3.8) is 0 Å². The van der Waals surface area contributed by atoms with Crippen LogP contribution in [0.4, 0.5) is 0 Å². The molecule has 94 valence electrons. The number of rotatable bonds is 2. The third kappa shape index (κ3) is 3.21. The normalized spacial score (nSPS) is 24.8. The monoisotopic (exact) mass is 252 g/mol. The number of hydrogen-bond donors (Lipinski definition) is 1. The SMILES string of the molecule is CC1CN(Cc2ccc(Cl)cc2)C(C)(C)CN1. The summed E-state index contributed by atoms with van der Waals surface area (Å²) in [6.45, 7) is 9.96. The van der Waals surface area contributed by atoms with Crippen LogP contribution >= 0.6 is 11.6 Å². The van der Waals surface area contributed by atoms with Crippen molar-refractivity contribution in [3.05, 3.63) is 34.9 Å². The molecule has 0 spiro atoms. The second kappa shape index (κ2) is 4.97. The van der Waals surface area contributed by atoms with Gasteiger partial charge in [0.15, 0.2) is 0 Å². The molecule has 1 aliphatic heterocycles. The first-order valence-electron chi connectivity index (χ1n) is 6.20. The Hall–Kier alpha value is -0.570. The molecule has 0 saturated carbocycles. The molecule has 1 aromatic carbocycles. The van der Waals surface area contributed by atoms with Crippen molar-refractivity contribution in [2.24, 2.45) is 0 Å². The second-order valence-electron chi connectivity index (χ2n) is 5.60. The molecule has 0 radical (unpaired) electrons. The van der Waals surface area contributed by atoms with E-state index >= 15 is 0 Å². The molecule has 1 aliphatic rings. The Kier molecular flexibility index (Phi) is 3.76. The molecule has 3 heteroatoms. The number of halogens is 1. The summed E-state index contributed by atoms with van der Waals surface area (Å²) in [6, 6.07) is 8.73. The van der Waals surface area contributed by atoms with E-state index in [1.807, 2.05) is 12.1 Å². The van der Waals surface area contributed by atoms with Gasteiger partial charge in [-0.05, 0) is 38.5 Å². The maximum absolute atomic E-state index is 5.91. The minimum absolute atomic E-state index is 0.214. The molecule has 1 fully saturated rings. The Balaban J connectivity index is 2.08. The van der Waals surface area contributed by atoms with Crippen molar-refractivity contribution >= 4 is 11.6 Å². The first-order valence-corrected chi connectivity index (χ1v) is 6.58. The highest BCUT2D eigenvalue weighted by atomic mass is 35.5. The van der Waals surface area contributed by atoms with Gasteiger partial charge in [0.1, 0.15) is 0 Å². The van der Waals surface area contributed by atoms with Crippen LogP contribution in [-0.2, 0) is 6.54 Å². The van der Waals surface area contributed by atoms with E-state index in [1.165, 1.54) is 5.56 Å². The third-order valence-corrected chi connectivity index (χ3v) is 3.77. The van der Waals surface area contributed by atoms with Crippen LogP contribution in [0.5, 0.6) is 0 Å². The van der Waals surface area contributed by atoms with Gasteiger partial charge in [0, 0.05) is 36.2 Å².